The molecule has 1 aliphatic rings. The lowest BCUT2D eigenvalue weighted by atomic mass is 9.98. The number of carbonyl (C=O) groups excluding carboxylic acids is 1. The van der Waals surface area contributed by atoms with Crippen LogP contribution in [0.5, 0.6) is 5.75 Å². The number of anilines is 1. The van der Waals surface area contributed by atoms with Gasteiger partial charge in [-0.25, -0.2) is 9.78 Å². The van der Waals surface area contributed by atoms with Gasteiger partial charge in [0.05, 0.1) is 11.6 Å². The van der Waals surface area contributed by atoms with Gasteiger partial charge in [-0.05, 0) is 43.5 Å². The van der Waals surface area contributed by atoms with Gasteiger partial charge in [-0.2, -0.15) is 8.78 Å². The number of hydrogen-bond donors (Lipinski definition) is 1. The van der Waals surface area contributed by atoms with E-state index in [4.69, 9.17) is 4.42 Å². The molecule has 152 valence electrons. The van der Waals surface area contributed by atoms with Crippen molar-refractivity contribution in [3.8, 4) is 5.75 Å². The van der Waals surface area contributed by atoms with Crippen LogP contribution in [0.25, 0.3) is 11.1 Å². The lowest BCUT2D eigenvalue weighted by molar-refractivity contribution is -0.0493. The van der Waals surface area contributed by atoms with Gasteiger partial charge in [-0.15, -0.1) is 0 Å². The Kier molecular flexibility index (Phi) is 5.33. The summed E-state index contributed by atoms with van der Waals surface area (Å²) in [6.45, 7) is -0.230. The van der Waals surface area contributed by atoms with Crippen LogP contribution in [0.1, 0.15) is 30.2 Å². The fourth-order valence-corrected chi connectivity index (χ4v) is 3.61. The van der Waals surface area contributed by atoms with Gasteiger partial charge >= 0.3 is 12.6 Å². The second kappa shape index (κ2) is 8.06. The van der Waals surface area contributed by atoms with Gasteiger partial charge in [0.1, 0.15) is 11.3 Å². The maximum Gasteiger partial charge on any atom is 0.387 e. The average Bonchev–Trinajstić information content (AvgIpc) is 3.14. The molecule has 29 heavy (non-hydrogen) atoms. The number of benzene rings is 2. The third-order valence-electron chi connectivity index (χ3n) is 5.05. The highest BCUT2D eigenvalue weighted by Gasteiger charge is 2.29. The molecule has 0 aliphatic carbocycles. The fraction of sp³-hybridized carbons (Fsp3) is 0.333. The molecule has 1 unspecified atom stereocenters. The van der Waals surface area contributed by atoms with Gasteiger partial charge in [0.25, 0.3) is 0 Å². The number of aromatic nitrogens is 1. The number of oxazole rings is 1. The van der Waals surface area contributed by atoms with Gasteiger partial charge in [0.15, 0.2) is 11.5 Å². The second-order valence-electron chi connectivity index (χ2n) is 7.06. The van der Waals surface area contributed by atoms with Gasteiger partial charge in [0, 0.05) is 13.1 Å². The summed E-state index contributed by atoms with van der Waals surface area (Å²) in [7, 11) is 0. The van der Waals surface area contributed by atoms with Crippen molar-refractivity contribution in [3.05, 3.63) is 53.9 Å². The number of para-hydroxylation sites is 3. The summed E-state index contributed by atoms with van der Waals surface area (Å²) >= 11 is 0. The minimum atomic E-state index is -2.97. The van der Waals surface area contributed by atoms with Crippen LogP contribution < -0.4 is 10.1 Å². The third-order valence-corrected chi connectivity index (χ3v) is 5.05. The number of aryl methyl sites for hydroxylation is 1. The summed E-state index contributed by atoms with van der Waals surface area (Å²) < 4.78 is 35.8. The molecule has 6 nitrogen and oxygen atoms in total. The minimum absolute atomic E-state index is 0.0180. The maximum atomic E-state index is 12.8. The molecule has 1 aromatic heterocycles. The predicted molar refractivity (Wildman–Crippen MR) is 104 cm³/mol. The Morgan fingerprint density at radius 3 is 2.90 bits per heavy atom. The van der Waals surface area contributed by atoms with Gasteiger partial charge in [0.2, 0.25) is 0 Å². The number of nitrogens with zero attached hydrogens (tertiary/aromatic N) is 2. The Bertz CT molecular complexity index is 988. The highest BCUT2D eigenvalue weighted by molar-refractivity contribution is 5.92. The summed E-state index contributed by atoms with van der Waals surface area (Å²) in [4.78, 5) is 19.0. The van der Waals surface area contributed by atoms with Gasteiger partial charge in [-0.3, -0.25) is 0 Å². The van der Waals surface area contributed by atoms with E-state index in [1.807, 2.05) is 24.3 Å². The zero-order valence-electron chi connectivity index (χ0n) is 15.9. The molecule has 2 aromatic carbocycles. The summed E-state index contributed by atoms with van der Waals surface area (Å²) in [5.41, 5.74) is 2.40. The SMILES string of the molecule is Cc1cccc(OC(F)F)c1NC(=O)N1CCCC(c2nc3ccccc3o2)C1. The predicted octanol–water partition coefficient (Wildman–Crippen LogP) is 5.15. The number of fused-ring (bicyclic) bond motifs is 1. The Hall–Kier alpha value is -3.16. The van der Waals surface area contributed by atoms with Crippen molar-refractivity contribution in [2.24, 2.45) is 0 Å². The van der Waals surface area contributed by atoms with Crippen molar-refractivity contribution in [1.29, 1.82) is 0 Å². The van der Waals surface area contributed by atoms with E-state index in [1.54, 1.807) is 24.0 Å². The third kappa shape index (κ3) is 4.16. The second-order valence-corrected chi connectivity index (χ2v) is 7.06. The number of ether oxygens (including phenoxy) is 1. The van der Waals surface area contributed by atoms with E-state index in [0.717, 1.165) is 23.9 Å². The number of rotatable bonds is 4. The summed E-state index contributed by atoms with van der Waals surface area (Å²) in [6, 6.07) is 11.9. The number of halogens is 2. The van der Waals surface area contributed by atoms with Crippen molar-refractivity contribution in [3.63, 3.8) is 0 Å². The number of amides is 2. The van der Waals surface area contributed by atoms with Crippen LogP contribution in [0.2, 0.25) is 0 Å². The first-order valence-electron chi connectivity index (χ1n) is 9.47. The van der Waals surface area contributed by atoms with Crippen molar-refractivity contribution < 1.29 is 22.7 Å². The van der Waals surface area contributed by atoms with Gasteiger partial charge in [-0.1, -0.05) is 24.3 Å². The highest BCUT2D eigenvalue weighted by Crippen LogP contribution is 2.32. The molecule has 4 rings (SSSR count). The van der Waals surface area contributed by atoms with Gasteiger partial charge < -0.3 is 19.4 Å². The molecule has 1 N–H and O–H groups in total. The normalized spacial score (nSPS) is 17.0. The van der Waals surface area contributed by atoms with E-state index in [0.29, 0.717) is 24.5 Å². The molecular formula is C21H21F2N3O3. The van der Waals surface area contributed by atoms with Crippen LogP contribution in [0.15, 0.2) is 46.9 Å². The van der Waals surface area contributed by atoms with E-state index >= 15 is 0 Å². The van der Waals surface area contributed by atoms with Crippen LogP contribution in [0.3, 0.4) is 0 Å². The van der Waals surface area contributed by atoms with E-state index < -0.39 is 6.61 Å². The van der Waals surface area contributed by atoms with E-state index in [1.165, 1.54) is 6.07 Å². The summed E-state index contributed by atoms with van der Waals surface area (Å²) in [6.07, 6.45) is 1.66. The number of piperidine rings is 1. The molecule has 2 amide bonds. The number of alkyl halides is 2. The Labute approximate surface area is 166 Å². The lowest BCUT2D eigenvalue weighted by Gasteiger charge is -2.31. The number of carbonyl (C=O) groups is 1. The van der Waals surface area contributed by atoms with Crippen molar-refractivity contribution in [2.75, 3.05) is 18.4 Å². The van der Waals surface area contributed by atoms with Crippen LogP contribution in [-0.2, 0) is 0 Å². The number of nitrogens with one attached hydrogen (secondary N) is 1. The Morgan fingerprint density at radius 1 is 1.28 bits per heavy atom. The zero-order chi connectivity index (χ0) is 20.4. The van der Waals surface area contributed by atoms with E-state index in [9.17, 15) is 13.6 Å². The molecule has 1 aliphatic heterocycles. The van der Waals surface area contributed by atoms with E-state index in [-0.39, 0.29) is 23.4 Å². The Morgan fingerprint density at radius 2 is 2.10 bits per heavy atom. The maximum absolute atomic E-state index is 12.8. The molecule has 1 fully saturated rings. The standard InChI is InChI=1S/C21H21F2N3O3/c1-13-6-4-10-17(29-20(22)23)18(13)25-21(27)26-11-5-7-14(12-26)19-24-15-8-2-3-9-16(15)28-19/h2-4,6,8-10,14,20H,5,7,11-12H2,1H3,(H,25,27). The molecule has 0 spiro atoms. The van der Waals surface area contributed by atoms with Crippen molar-refractivity contribution in [1.82, 2.24) is 9.88 Å². The lowest BCUT2D eigenvalue weighted by Crippen LogP contribution is -2.41. The topological polar surface area (TPSA) is 67.6 Å². The zero-order valence-corrected chi connectivity index (χ0v) is 15.9. The highest BCUT2D eigenvalue weighted by atomic mass is 19.3. The molecule has 8 heteroatoms. The van der Waals surface area contributed by atoms with E-state index in [2.05, 4.69) is 15.0 Å². The Balaban J connectivity index is 1.49. The van der Waals surface area contributed by atoms with Crippen LogP contribution in [-0.4, -0.2) is 35.6 Å². The molecule has 0 bridgehead atoms. The first-order valence-corrected chi connectivity index (χ1v) is 9.47. The fourth-order valence-electron chi connectivity index (χ4n) is 3.61. The number of likely N-dealkylation sites (tertiary alicyclic amines) is 1. The molecular weight excluding hydrogens is 380 g/mol. The smallest absolute Gasteiger partial charge is 0.387 e. The molecule has 2 heterocycles. The summed E-state index contributed by atoms with van der Waals surface area (Å²) in [5.74, 6) is 0.540. The monoisotopic (exact) mass is 401 g/mol. The molecule has 0 saturated carbocycles. The molecule has 3 aromatic rings. The molecule has 1 saturated heterocycles. The number of urea groups is 1. The minimum Gasteiger partial charge on any atom is -0.440 e. The number of hydrogen-bond acceptors (Lipinski definition) is 4. The average molecular weight is 401 g/mol. The van der Waals surface area contributed by atoms with Crippen LogP contribution in [0, 0.1) is 6.92 Å². The quantitative estimate of drug-likeness (QED) is 0.657. The molecule has 0 radical (unpaired) electrons. The largest absolute Gasteiger partial charge is 0.440 e. The van der Waals surface area contributed by atoms with Crippen LogP contribution >= 0.6 is 0 Å². The van der Waals surface area contributed by atoms with Crippen molar-refractivity contribution >= 4 is 22.8 Å². The van der Waals surface area contributed by atoms with Crippen molar-refractivity contribution in [2.45, 2.75) is 32.3 Å². The summed E-state index contributed by atoms with van der Waals surface area (Å²) in [5, 5.41) is 2.73. The first kappa shape index (κ1) is 19.2. The molecule has 1 atom stereocenters. The first-order chi connectivity index (χ1) is 14.0. The van der Waals surface area contributed by atoms with Crippen LogP contribution in [0.4, 0.5) is 19.3 Å².